The molecule has 0 saturated carbocycles. The molecule has 150 valence electrons. The summed E-state index contributed by atoms with van der Waals surface area (Å²) < 4.78 is 6.63. The molecule has 0 aromatic heterocycles. The molecule has 1 aliphatic heterocycles. The van der Waals surface area contributed by atoms with E-state index in [0.717, 1.165) is 31.6 Å². The van der Waals surface area contributed by atoms with E-state index in [0.29, 0.717) is 0 Å². The number of benzene rings is 3. The number of nitrogen functional groups attached to an aromatic ring is 1. The van der Waals surface area contributed by atoms with Crippen molar-refractivity contribution in [1.29, 1.82) is 0 Å². The van der Waals surface area contributed by atoms with Crippen LogP contribution in [0.15, 0.2) is 84.9 Å². The molecule has 3 N–H and O–H groups in total. The van der Waals surface area contributed by atoms with Gasteiger partial charge < -0.3 is 15.8 Å². The van der Waals surface area contributed by atoms with Gasteiger partial charge in [0.25, 0.3) is 0 Å². The largest absolute Gasteiger partial charge is 0.399 e. The molecule has 0 radical (unpaired) electrons. The van der Waals surface area contributed by atoms with Crippen molar-refractivity contribution in [2.45, 2.75) is 43.9 Å². The fourth-order valence-corrected chi connectivity index (χ4v) is 4.28. The highest BCUT2D eigenvalue weighted by Gasteiger charge is 2.31. The Morgan fingerprint density at radius 2 is 1.45 bits per heavy atom. The Kier molecular flexibility index (Phi) is 6.60. The maximum Gasteiger partial charge on any atom is 0.0703 e. The lowest BCUT2D eigenvalue weighted by atomic mass is 9.83. The Morgan fingerprint density at radius 3 is 2.07 bits per heavy atom. The molecule has 2 unspecified atom stereocenters. The minimum absolute atomic E-state index is 0.205. The van der Waals surface area contributed by atoms with Crippen molar-refractivity contribution >= 4 is 5.69 Å². The summed E-state index contributed by atoms with van der Waals surface area (Å²) >= 11 is 0. The van der Waals surface area contributed by atoms with E-state index in [4.69, 9.17) is 10.5 Å². The molecule has 0 amide bonds. The summed E-state index contributed by atoms with van der Waals surface area (Å²) in [7, 11) is 0. The molecule has 3 nitrogen and oxygen atoms in total. The van der Waals surface area contributed by atoms with Crippen molar-refractivity contribution in [1.82, 2.24) is 5.32 Å². The zero-order valence-electron chi connectivity index (χ0n) is 16.8. The average Bonchev–Trinajstić information content (AvgIpc) is 2.77. The predicted octanol–water partition coefficient (Wildman–Crippen LogP) is 5.13. The number of hydrogen-bond acceptors (Lipinski definition) is 3. The minimum Gasteiger partial charge on any atom is -0.399 e. The molecule has 29 heavy (non-hydrogen) atoms. The highest BCUT2D eigenvalue weighted by Crippen LogP contribution is 2.35. The van der Waals surface area contributed by atoms with Gasteiger partial charge in [-0.1, -0.05) is 72.8 Å². The summed E-state index contributed by atoms with van der Waals surface area (Å²) in [5.41, 5.74) is 10.5. The summed E-state index contributed by atoms with van der Waals surface area (Å²) in [5, 5.41) is 3.56. The number of ether oxygens (including phenoxy) is 1. The lowest BCUT2D eigenvalue weighted by Gasteiger charge is -2.36. The molecule has 1 aliphatic rings. The highest BCUT2D eigenvalue weighted by atomic mass is 16.5. The van der Waals surface area contributed by atoms with Crippen LogP contribution in [-0.4, -0.2) is 18.8 Å². The van der Waals surface area contributed by atoms with E-state index in [1.807, 2.05) is 12.1 Å². The smallest absolute Gasteiger partial charge is 0.0703 e. The Morgan fingerprint density at radius 1 is 0.828 bits per heavy atom. The van der Waals surface area contributed by atoms with Crippen LogP contribution in [0.3, 0.4) is 0 Å². The molecule has 3 aromatic rings. The molecule has 2 atom stereocenters. The average molecular weight is 387 g/mol. The number of hydrogen-bond donors (Lipinski definition) is 2. The fraction of sp³-hybridized carbons (Fsp3) is 0.308. The van der Waals surface area contributed by atoms with Gasteiger partial charge in [0.15, 0.2) is 0 Å². The van der Waals surface area contributed by atoms with Gasteiger partial charge in [0.2, 0.25) is 0 Å². The SMILES string of the molecule is Nc1ccc(CNCC2CCCC(C(c3ccccc3)c3ccccc3)O2)cc1. The number of rotatable bonds is 7. The quantitative estimate of drug-likeness (QED) is 0.554. The van der Waals surface area contributed by atoms with E-state index < -0.39 is 0 Å². The monoisotopic (exact) mass is 386 g/mol. The van der Waals surface area contributed by atoms with Gasteiger partial charge in [-0.05, 0) is 48.1 Å². The van der Waals surface area contributed by atoms with Crippen LogP contribution >= 0.6 is 0 Å². The Hall–Kier alpha value is -2.62. The van der Waals surface area contributed by atoms with Gasteiger partial charge in [0.05, 0.1) is 12.2 Å². The van der Waals surface area contributed by atoms with Crippen molar-refractivity contribution in [3.05, 3.63) is 102 Å². The first-order valence-electron chi connectivity index (χ1n) is 10.6. The normalized spacial score (nSPS) is 19.3. The van der Waals surface area contributed by atoms with Gasteiger partial charge in [-0.2, -0.15) is 0 Å². The highest BCUT2D eigenvalue weighted by molar-refractivity contribution is 5.39. The van der Waals surface area contributed by atoms with E-state index in [2.05, 4.69) is 78.1 Å². The second-order valence-electron chi connectivity index (χ2n) is 7.90. The maximum atomic E-state index is 6.63. The molecule has 3 aromatic carbocycles. The Labute approximate surface area is 173 Å². The summed E-state index contributed by atoms with van der Waals surface area (Å²) in [6, 6.07) is 29.6. The first-order chi connectivity index (χ1) is 14.3. The van der Waals surface area contributed by atoms with E-state index in [-0.39, 0.29) is 18.1 Å². The third-order valence-corrected chi connectivity index (χ3v) is 5.75. The van der Waals surface area contributed by atoms with Gasteiger partial charge >= 0.3 is 0 Å². The maximum absolute atomic E-state index is 6.63. The molecule has 3 heteroatoms. The topological polar surface area (TPSA) is 47.3 Å². The first kappa shape index (κ1) is 19.7. The van der Waals surface area contributed by atoms with Gasteiger partial charge in [0, 0.05) is 24.7 Å². The fourth-order valence-electron chi connectivity index (χ4n) is 4.28. The zero-order chi connectivity index (χ0) is 19.9. The van der Waals surface area contributed by atoms with Gasteiger partial charge in [-0.3, -0.25) is 0 Å². The van der Waals surface area contributed by atoms with Crippen molar-refractivity contribution in [2.75, 3.05) is 12.3 Å². The lowest BCUT2D eigenvalue weighted by Crippen LogP contribution is -2.38. The molecular formula is C26H30N2O. The third-order valence-electron chi connectivity index (χ3n) is 5.75. The van der Waals surface area contributed by atoms with Gasteiger partial charge in [-0.15, -0.1) is 0 Å². The minimum atomic E-state index is 0.205. The van der Waals surface area contributed by atoms with Crippen LogP contribution in [0, 0.1) is 0 Å². The van der Waals surface area contributed by atoms with E-state index >= 15 is 0 Å². The summed E-state index contributed by atoms with van der Waals surface area (Å²) in [6.45, 7) is 1.71. The van der Waals surface area contributed by atoms with Gasteiger partial charge in [0.1, 0.15) is 0 Å². The van der Waals surface area contributed by atoms with Crippen LogP contribution in [0.1, 0.15) is 41.9 Å². The first-order valence-corrected chi connectivity index (χ1v) is 10.6. The van der Waals surface area contributed by atoms with Crippen LogP contribution in [0.4, 0.5) is 5.69 Å². The van der Waals surface area contributed by atoms with E-state index in [1.54, 1.807) is 0 Å². The molecular weight excluding hydrogens is 356 g/mol. The van der Waals surface area contributed by atoms with Crippen LogP contribution in [-0.2, 0) is 11.3 Å². The molecule has 1 fully saturated rings. The van der Waals surface area contributed by atoms with Crippen LogP contribution in [0.25, 0.3) is 0 Å². The number of nitrogens with two attached hydrogens (primary N) is 1. The van der Waals surface area contributed by atoms with Crippen molar-refractivity contribution in [3.63, 3.8) is 0 Å². The third kappa shape index (κ3) is 5.26. The van der Waals surface area contributed by atoms with E-state index in [1.165, 1.54) is 23.1 Å². The van der Waals surface area contributed by atoms with Crippen LogP contribution in [0.5, 0.6) is 0 Å². The van der Waals surface area contributed by atoms with Crippen molar-refractivity contribution < 1.29 is 4.74 Å². The number of anilines is 1. The van der Waals surface area contributed by atoms with Gasteiger partial charge in [-0.25, -0.2) is 0 Å². The van der Waals surface area contributed by atoms with E-state index in [9.17, 15) is 0 Å². The van der Waals surface area contributed by atoms with Crippen LogP contribution < -0.4 is 11.1 Å². The molecule has 0 spiro atoms. The molecule has 0 bridgehead atoms. The van der Waals surface area contributed by atoms with Crippen molar-refractivity contribution in [3.8, 4) is 0 Å². The zero-order valence-corrected chi connectivity index (χ0v) is 16.8. The van der Waals surface area contributed by atoms with Crippen LogP contribution in [0.2, 0.25) is 0 Å². The Balaban J connectivity index is 1.42. The number of nitrogens with one attached hydrogen (secondary N) is 1. The Bertz CT molecular complexity index is 825. The summed E-state index contributed by atoms with van der Waals surface area (Å²) in [4.78, 5) is 0. The lowest BCUT2D eigenvalue weighted by molar-refractivity contribution is -0.0552. The molecule has 0 aliphatic carbocycles. The molecule has 4 rings (SSSR count). The summed E-state index contributed by atoms with van der Waals surface area (Å²) in [5.74, 6) is 0.275. The predicted molar refractivity (Wildman–Crippen MR) is 120 cm³/mol. The standard InChI is InChI=1S/C26H30N2O/c27-23-16-14-20(15-17-23)18-28-19-24-12-7-13-25(29-24)26(21-8-3-1-4-9-21)22-10-5-2-6-11-22/h1-6,8-11,14-17,24-26,28H,7,12-13,18-19,27H2. The second-order valence-corrected chi connectivity index (χ2v) is 7.90. The molecule has 1 heterocycles. The second kappa shape index (κ2) is 9.73. The molecule has 1 saturated heterocycles. The summed E-state index contributed by atoms with van der Waals surface area (Å²) in [6.07, 6.45) is 3.87. The van der Waals surface area contributed by atoms with Crippen molar-refractivity contribution in [2.24, 2.45) is 0 Å².